The van der Waals surface area contributed by atoms with Gasteiger partial charge in [0.2, 0.25) is 0 Å². The van der Waals surface area contributed by atoms with E-state index in [9.17, 15) is 8.78 Å². The molecule has 0 aliphatic carbocycles. The Balaban J connectivity index is 2.73. The molecule has 1 nitrogen and oxygen atoms in total. The van der Waals surface area contributed by atoms with Gasteiger partial charge in [-0.15, -0.1) is 0 Å². The fraction of sp³-hybridized carbons (Fsp3) is 0.0769. The minimum absolute atomic E-state index is 0.0958. The van der Waals surface area contributed by atoms with E-state index < -0.39 is 11.6 Å². The van der Waals surface area contributed by atoms with E-state index in [4.69, 9.17) is 17.3 Å². The Morgan fingerprint density at radius 2 is 1.89 bits per heavy atom. The average molecular weight is 333 g/mol. The second kappa shape index (κ2) is 5.34. The second-order valence-corrected chi connectivity index (χ2v) is 5.01. The zero-order valence-electron chi connectivity index (χ0n) is 9.18. The molecule has 0 fully saturated rings. The minimum Gasteiger partial charge on any atom is -0.326 e. The molecule has 0 atom stereocenters. The van der Waals surface area contributed by atoms with Crippen LogP contribution in [-0.4, -0.2) is 0 Å². The van der Waals surface area contributed by atoms with Crippen molar-refractivity contribution in [2.45, 2.75) is 6.54 Å². The summed E-state index contributed by atoms with van der Waals surface area (Å²) in [5.74, 6) is -1.28. The maximum Gasteiger partial charge on any atom is 0.148 e. The first kappa shape index (κ1) is 13.5. The molecule has 0 unspecified atom stereocenters. The highest BCUT2D eigenvalue weighted by Crippen LogP contribution is 2.33. The van der Waals surface area contributed by atoms with Crippen molar-refractivity contribution in [2.75, 3.05) is 0 Å². The van der Waals surface area contributed by atoms with Crippen molar-refractivity contribution in [3.63, 3.8) is 0 Å². The molecular formula is C13H9BrClF2N. The van der Waals surface area contributed by atoms with Crippen LogP contribution in [0.1, 0.15) is 5.56 Å². The predicted molar refractivity (Wildman–Crippen MR) is 72.4 cm³/mol. The summed E-state index contributed by atoms with van der Waals surface area (Å²) >= 11 is 8.88. The van der Waals surface area contributed by atoms with Gasteiger partial charge in [-0.1, -0.05) is 17.7 Å². The summed E-state index contributed by atoms with van der Waals surface area (Å²) in [4.78, 5) is 0. The summed E-state index contributed by atoms with van der Waals surface area (Å²) in [6.45, 7) is 0.154. The maximum absolute atomic E-state index is 14.0. The third-order valence-electron chi connectivity index (χ3n) is 2.60. The van der Waals surface area contributed by atoms with Crippen LogP contribution in [0.5, 0.6) is 0 Å². The van der Waals surface area contributed by atoms with Crippen molar-refractivity contribution < 1.29 is 8.78 Å². The smallest absolute Gasteiger partial charge is 0.148 e. The van der Waals surface area contributed by atoms with E-state index in [-0.39, 0.29) is 16.6 Å². The van der Waals surface area contributed by atoms with Crippen LogP contribution in [0.15, 0.2) is 34.8 Å². The molecule has 0 spiro atoms. The highest BCUT2D eigenvalue weighted by molar-refractivity contribution is 9.10. The Morgan fingerprint density at radius 3 is 2.56 bits per heavy atom. The van der Waals surface area contributed by atoms with Crippen LogP contribution in [0.25, 0.3) is 11.1 Å². The van der Waals surface area contributed by atoms with Gasteiger partial charge < -0.3 is 5.73 Å². The molecule has 0 amide bonds. The Morgan fingerprint density at radius 1 is 1.17 bits per heavy atom. The highest BCUT2D eigenvalue weighted by Gasteiger charge is 2.17. The molecule has 0 radical (unpaired) electrons. The predicted octanol–water partition coefficient (Wildman–Crippen LogP) is 4.51. The molecule has 2 aromatic rings. The van der Waals surface area contributed by atoms with Gasteiger partial charge in [0.1, 0.15) is 11.6 Å². The number of halogens is 4. The first-order valence-electron chi connectivity index (χ1n) is 5.17. The first-order chi connectivity index (χ1) is 8.54. The zero-order chi connectivity index (χ0) is 13.3. The third kappa shape index (κ3) is 2.41. The Bertz CT molecular complexity index is 602. The number of benzene rings is 2. The van der Waals surface area contributed by atoms with Gasteiger partial charge in [0.15, 0.2) is 0 Å². The molecule has 2 rings (SSSR count). The largest absolute Gasteiger partial charge is 0.326 e. The molecule has 0 saturated heterocycles. The molecule has 94 valence electrons. The van der Waals surface area contributed by atoms with E-state index in [2.05, 4.69) is 15.9 Å². The third-order valence-corrected chi connectivity index (χ3v) is 3.45. The summed E-state index contributed by atoms with van der Waals surface area (Å²) in [5, 5.41) is 0.481. The summed E-state index contributed by atoms with van der Waals surface area (Å²) < 4.78 is 28.0. The molecule has 0 bridgehead atoms. The van der Waals surface area contributed by atoms with E-state index in [1.165, 1.54) is 12.1 Å². The monoisotopic (exact) mass is 331 g/mol. The lowest BCUT2D eigenvalue weighted by molar-refractivity contribution is 0.585. The van der Waals surface area contributed by atoms with Gasteiger partial charge in [0.05, 0.1) is 10.0 Å². The average Bonchev–Trinajstić information content (AvgIpc) is 2.36. The van der Waals surface area contributed by atoms with Gasteiger partial charge in [-0.25, -0.2) is 8.78 Å². The fourth-order valence-electron chi connectivity index (χ4n) is 1.75. The molecule has 2 aromatic carbocycles. The van der Waals surface area contributed by atoms with E-state index in [0.717, 1.165) is 0 Å². The summed E-state index contributed by atoms with van der Waals surface area (Å²) in [6.07, 6.45) is 0. The van der Waals surface area contributed by atoms with Crippen molar-refractivity contribution in [1.29, 1.82) is 0 Å². The van der Waals surface area contributed by atoms with Crippen LogP contribution >= 0.6 is 27.5 Å². The van der Waals surface area contributed by atoms with Crippen LogP contribution in [-0.2, 0) is 6.54 Å². The Hall–Kier alpha value is -0.970. The van der Waals surface area contributed by atoms with Crippen LogP contribution in [0.4, 0.5) is 8.78 Å². The number of hydrogen-bond acceptors (Lipinski definition) is 1. The summed E-state index contributed by atoms with van der Waals surface area (Å²) in [5.41, 5.74) is 6.49. The highest BCUT2D eigenvalue weighted by atomic mass is 79.9. The first-order valence-corrected chi connectivity index (χ1v) is 6.34. The van der Waals surface area contributed by atoms with Gasteiger partial charge in [0, 0.05) is 11.6 Å². The standard InChI is InChI=1S/C13H9BrClF2N/c14-10-3-4-11(16)12(13(10)17)9-2-1-8(15)5-7(9)6-18/h1-5H,6,18H2. The van der Waals surface area contributed by atoms with E-state index >= 15 is 0 Å². The normalized spacial score (nSPS) is 10.7. The van der Waals surface area contributed by atoms with E-state index in [0.29, 0.717) is 16.1 Å². The van der Waals surface area contributed by atoms with Crippen molar-refractivity contribution in [3.8, 4) is 11.1 Å². The molecule has 2 N–H and O–H groups in total. The lowest BCUT2D eigenvalue weighted by atomic mass is 9.99. The Kier molecular flexibility index (Phi) is 4.00. The van der Waals surface area contributed by atoms with Gasteiger partial charge in [-0.05, 0) is 51.3 Å². The quantitative estimate of drug-likeness (QED) is 0.805. The minimum atomic E-state index is -0.646. The molecule has 18 heavy (non-hydrogen) atoms. The maximum atomic E-state index is 14.0. The molecule has 0 aliphatic rings. The van der Waals surface area contributed by atoms with Crippen molar-refractivity contribution in [1.82, 2.24) is 0 Å². The second-order valence-electron chi connectivity index (χ2n) is 3.72. The fourth-order valence-corrected chi connectivity index (χ4v) is 2.27. The molecule has 0 heterocycles. The lowest BCUT2D eigenvalue weighted by Gasteiger charge is -2.11. The van der Waals surface area contributed by atoms with Crippen LogP contribution in [0.3, 0.4) is 0 Å². The Labute approximate surface area is 117 Å². The SMILES string of the molecule is NCc1cc(Cl)ccc1-c1c(F)ccc(Br)c1F. The molecular weight excluding hydrogens is 324 g/mol. The number of hydrogen-bond donors (Lipinski definition) is 1. The van der Waals surface area contributed by atoms with Gasteiger partial charge in [0.25, 0.3) is 0 Å². The van der Waals surface area contributed by atoms with Crippen molar-refractivity contribution >= 4 is 27.5 Å². The zero-order valence-corrected chi connectivity index (χ0v) is 11.5. The molecule has 0 aromatic heterocycles. The van der Waals surface area contributed by atoms with E-state index in [1.807, 2.05) is 0 Å². The topological polar surface area (TPSA) is 26.0 Å². The van der Waals surface area contributed by atoms with E-state index in [1.54, 1.807) is 18.2 Å². The van der Waals surface area contributed by atoms with Gasteiger partial charge in [-0.3, -0.25) is 0 Å². The van der Waals surface area contributed by atoms with Crippen LogP contribution in [0.2, 0.25) is 5.02 Å². The molecule has 0 aliphatic heterocycles. The summed E-state index contributed by atoms with van der Waals surface area (Å²) in [6, 6.07) is 7.29. The van der Waals surface area contributed by atoms with Crippen molar-refractivity contribution in [3.05, 3.63) is 57.0 Å². The number of nitrogens with two attached hydrogens (primary N) is 1. The summed E-state index contributed by atoms with van der Waals surface area (Å²) in [7, 11) is 0. The number of rotatable bonds is 2. The van der Waals surface area contributed by atoms with Gasteiger partial charge in [-0.2, -0.15) is 0 Å². The lowest BCUT2D eigenvalue weighted by Crippen LogP contribution is -2.01. The van der Waals surface area contributed by atoms with Gasteiger partial charge >= 0.3 is 0 Å². The molecule has 0 saturated carbocycles. The van der Waals surface area contributed by atoms with Crippen LogP contribution < -0.4 is 5.73 Å². The van der Waals surface area contributed by atoms with Crippen LogP contribution in [0, 0.1) is 11.6 Å². The molecule has 5 heteroatoms. The van der Waals surface area contributed by atoms with Crippen molar-refractivity contribution in [2.24, 2.45) is 5.73 Å².